The molecule has 3 atom stereocenters. The first kappa shape index (κ1) is 24.9. The van der Waals surface area contributed by atoms with Crippen molar-refractivity contribution < 1.29 is 18.7 Å². The lowest BCUT2D eigenvalue weighted by Crippen LogP contribution is -2.53. The first-order chi connectivity index (χ1) is 12.6. The number of hydrogen-bond donors (Lipinski definition) is 1. The van der Waals surface area contributed by atoms with Crippen molar-refractivity contribution in [3.63, 3.8) is 0 Å². The Labute approximate surface area is 169 Å². The highest BCUT2D eigenvalue weighted by molar-refractivity contribution is 6.77. The van der Waals surface area contributed by atoms with E-state index in [1.807, 2.05) is 6.08 Å². The molecule has 1 N–H and O–H groups in total. The maximum absolute atomic E-state index is 10.9. The molecule has 4 nitrogen and oxygen atoms in total. The third kappa shape index (κ3) is 5.47. The molecule has 0 aliphatic carbocycles. The molecular weight excluding hydrogens is 372 g/mol. The van der Waals surface area contributed by atoms with Crippen LogP contribution >= 0.6 is 0 Å². The SMILES string of the molecule is CC[Si](CC)(CC)O[C@@H]1C=CO[C@H](CO[Si](C(C)C)(C(C)C)C(C)C)[C@H]1O. The lowest BCUT2D eigenvalue weighted by Gasteiger charge is -2.44. The molecule has 0 amide bonds. The van der Waals surface area contributed by atoms with Gasteiger partial charge in [0.1, 0.15) is 12.2 Å². The summed E-state index contributed by atoms with van der Waals surface area (Å²) in [6, 6.07) is 3.22. The Hall–Kier alpha value is -0.146. The first-order valence-electron chi connectivity index (χ1n) is 10.9. The van der Waals surface area contributed by atoms with E-state index in [0.717, 1.165) is 18.1 Å². The lowest BCUT2D eigenvalue weighted by atomic mass is 10.1. The third-order valence-electron chi connectivity index (χ3n) is 6.76. The molecule has 0 aromatic rings. The van der Waals surface area contributed by atoms with E-state index in [0.29, 0.717) is 23.2 Å². The lowest BCUT2D eigenvalue weighted by molar-refractivity contribution is -0.0749. The molecule has 0 spiro atoms. The van der Waals surface area contributed by atoms with Crippen LogP contribution in [-0.4, -0.2) is 46.7 Å². The fourth-order valence-electron chi connectivity index (χ4n) is 4.89. The molecule has 0 aromatic carbocycles. The van der Waals surface area contributed by atoms with E-state index >= 15 is 0 Å². The summed E-state index contributed by atoms with van der Waals surface area (Å²) in [4.78, 5) is 0. The van der Waals surface area contributed by atoms with Gasteiger partial charge in [-0.2, -0.15) is 0 Å². The molecule has 0 unspecified atom stereocenters. The normalized spacial score (nSPS) is 24.1. The van der Waals surface area contributed by atoms with Crippen molar-refractivity contribution in [3.05, 3.63) is 12.3 Å². The van der Waals surface area contributed by atoms with Gasteiger partial charge in [0.2, 0.25) is 8.32 Å². The first-order valence-corrected chi connectivity index (χ1v) is 15.6. The Balaban J connectivity index is 2.89. The van der Waals surface area contributed by atoms with Gasteiger partial charge in [-0.3, -0.25) is 0 Å². The van der Waals surface area contributed by atoms with E-state index in [1.165, 1.54) is 0 Å². The topological polar surface area (TPSA) is 47.9 Å². The zero-order valence-electron chi connectivity index (χ0n) is 19.1. The van der Waals surface area contributed by atoms with E-state index in [9.17, 15) is 5.11 Å². The molecule has 1 rings (SSSR count). The molecule has 0 saturated carbocycles. The molecule has 0 bridgehead atoms. The van der Waals surface area contributed by atoms with E-state index in [-0.39, 0.29) is 12.2 Å². The summed E-state index contributed by atoms with van der Waals surface area (Å²) in [5, 5.41) is 10.9. The number of ether oxygens (including phenoxy) is 1. The average Bonchev–Trinajstić information content (AvgIpc) is 2.62. The van der Waals surface area contributed by atoms with Gasteiger partial charge in [0, 0.05) is 0 Å². The Morgan fingerprint density at radius 1 is 0.926 bits per heavy atom. The Morgan fingerprint density at radius 2 is 1.41 bits per heavy atom. The number of aliphatic hydroxyl groups excluding tert-OH is 1. The summed E-state index contributed by atoms with van der Waals surface area (Å²) in [6.07, 6.45) is 2.26. The van der Waals surface area contributed by atoms with Crippen LogP contribution in [0.4, 0.5) is 0 Å². The number of rotatable bonds is 11. The van der Waals surface area contributed by atoms with Crippen molar-refractivity contribution in [2.24, 2.45) is 0 Å². The second kappa shape index (κ2) is 10.6. The molecule has 6 heteroatoms. The van der Waals surface area contributed by atoms with Gasteiger partial charge in [0.25, 0.3) is 0 Å². The van der Waals surface area contributed by atoms with Crippen LogP contribution in [-0.2, 0) is 13.6 Å². The number of aliphatic hydroxyl groups is 1. The van der Waals surface area contributed by atoms with E-state index in [4.69, 9.17) is 13.6 Å². The van der Waals surface area contributed by atoms with Crippen LogP contribution in [0.1, 0.15) is 62.3 Å². The van der Waals surface area contributed by atoms with E-state index < -0.39 is 22.7 Å². The zero-order chi connectivity index (χ0) is 20.8. The highest BCUT2D eigenvalue weighted by Gasteiger charge is 2.46. The van der Waals surface area contributed by atoms with Crippen molar-refractivity contribution in [3.8, 4) is 0 Å². The van der Waals surface area contributed by atoms with Crippen LogP contribution in [0.3, 0.4) is 0 Å². The van der Waals surface area contributed by atoms with Gasteiger partial charge in [-0.25, -0.2) is 0 Å². The average molecular weight is 417 g/mol. The molecule has 27 heavy (non-hydrogen) atoms. The smallest absolute Gasteiger partial charge is 0.200 e. The summed E-state index contributed by atoms with van der Waals surface area (Å²) in [6.45, 7) is 20.7. The molecule has 1 heterocycles. The van der Waals surface area contributed by atoms with Crippen molar-refractivity contribution in [1.82, 2.24) is 0 Å². The molecule has 0 radical (unpaired) electrons. The fourth-order valence-corrected chi connectivity index (χ4v) is 13.1. The van der Waals surface area contributed by atoms with E-state index in [2.05, 4.69) is 62.3 Å². The highest BCUT2D eigenvalue weighted by Crippen LogP contribution is 2.42. The number of hydrogen-bond acceptors (Lipinski definition) is 4. The summed E-state index contributed by atoms with van der Waals surface area (Å²) >= 11 is 0. The predicted molar refractivity (Wildman–Crippen MR) is 119 cm³/mol. The minimum atomic E-state index is -1.98. The molecule has 160 valence electrons. The van der Waals surface area contributed by atoms with Crippen LogP contribution < -0.4 is 0 Å². The summed E-state index contributed by atoms with van der Waals surface area (Å²) in [7, 11) is -3.77. The monoisotopic (exact) mass is 416 g/mol. The summed E-state index contributed by atoms with van der Waals surface area (Å²) < 4.78 is 19.0. The maximum Gasteiger partial charge on any atom is 0.200 e. The molecular formula is C21H44O4Si2. The van der Waals surface area contributed by atoms with Crippen molar-refractivity contribution in [2.75, 3.05) is 6.61 Å². The van der Waals surface area contributed by atoms with Gasteiger partial charge in [-0.15, -0.1) is 0 Å². The Kier molecular flexibility index (Phi) is 9.75. The Bertz CT molecular complexity index is 431. The van der Waals surface area contributed by atoms with Crippen LogP contribution in [0.5, 0.6) is 0 Å². The van der Waals surface area contributed by atoms with Crippen LogP contribution in [0.2, 0.25) is 34.8 Å². The minimum absolute atomic E-state index is 0.285. The predicted octanol–water partition coefficient (Wildman–Crippen LogP) is 5.84. The van der Waals surface area contributed by atoms with Gasteiger partial charge in [0.05, 0.1) is 19.0 Å². The summed E-state index contributed by atoms with van der Waals surface area (Å²) in [5.74, 6) is 0. The third-order valence-corrected chi connectivity index (χ3v) is 17.5. The second-order valence-electron chi connectivity index (χ2n) is 8.95. The maximum atomic E-state index is 10.9. The van der Waals surface area contributed by atoms with Crippen molar-refractivity contribution in [1.29, 1.82) is 0 Å². The molecule has 1 aliphatic heterocycles. The van der Waals surface area contributed by atoms with Gasteiger partial charge < -0.3 is 18.7 Å². The van der Waals surface area contributed by atoms with Crippen LogP contribution in [0, 0.1) is 0 Å². The van der Waals surface area contributed by atoms with E-state index in [1.54, 1.807) is 6.26 Å². The quantitative estimate of drug-likeness (QED) is 0.430. The zero-order valence-corrected chi connectivity index (χ0v) is 21.1. The standard InChI is InChI=1S/C21H44O4Si2/c1-10-26(11-2,12-3)25-19-13-14-23-20(21(19)22)15-24-27(16(4)5,17(6)7)18(8)9/h13-14,16-22H,10-12,15H2,1-9H3/t19-,20-,21+/m1/s1. The van der Waals surface area contributed by atoms with Gasteiger partial charge >= 0.3 is 0 Å². The molecule has 0 saturated heterocycles. The second-order valence-corrected chi connectivity index (χ2v) is 19.1. The van der Waals surface area contributed by atoms with Crippen LogP contribution in [0.15, 0.2) is 12.3 Å². The van der Waals surface area contributed by atoms with Gasteiger partial charge in [0.15, 0.2) is 8.32 Å². The molecule has 1 aliphatic rings. The van der Waals surface area contributed by atoms with Crippen molar-refractivity contribution in [2.45, 2.75) is 115 Å². The van der Waals surface area contributed by atoms with Gasteiger partial charge in [-0.05, 0) is 40.8 Å². The van der Waals surface area contributed by atoms with Gasteiger partial charge in [-0.1, -0.05) is 62.3 Å². The van der Waals surface area contributed by atoms with Crippen molar-refractivity contribution >= 4 is 16.6 Å². The van der Waals surface area contributed by atoms with Crippen LogP contribution in [0.25, 0.3) is 0 Å². The fraction of sp³-hybridized carbons (Fsp3) is 0.905. The molecule has 0 aromatic heterocycles. The largest absolute Gasteiger partial charge is 0.493 e. The Morgan fingerprint density at radius 3 is 1.81 bits per heavy atom. The highest BCUT2D eigenvalue weighted by atomic mass is 28.4. The summed E-state index contributed by atoms with van der Waals surface area (Å²) in [5.41, 5.74) is 1.54. The minimum Gasteiger partial charge on any atom is -0.493 e. The molecule has 0 fully saturated rings.